The van der Waals surface area contributed by atoms with Gasteiger partial charge in [0.05, 0.1) is 5.52 Å². The number of aryl methyl sites for hydroxylation is 1. The fourth-order valence-electron chi connectivity index (χ4n) is 2.58. The Morgan fingerprint density at radius 1 is 1.14 bits per heavy atom. The molecule has 0 aliphatic heterocycles. The van der Waals surface area contributed by atoms with Gasteiger partial charge in [0.15, 0.2) is 0 Å². The summed E-state index contributed by atoms with van der Waals surface area (Å²) in [5, 5.41) is 1.08. The van der Waals surface area contributed by atoms with E-state index >= 15 is 0 Å². The fourth-order valence-corrected chi connectivity index (χ4v) is 2.58. The number of aromatic nitrogens is 1. The van der Waals surface area contributed by atoms with Gasteiger partial charge in [-0.3, -0.25) is 4.79 Å². The van der Waals surface area contributed by atoms with Gasteiger partial charge in [-0.25, -0.2) is 4.98 Å². The van der Waals surface area contributed by atoms with E-state index in [1.807, 2.05) is 37.3 Å². The number of hydrogen-bond acceptors (Lipinski definition) is 3. The van der Waals surface area contributed by atoms with E-state index in [-0.39, 0.29) is 0 Å². The van der Waals surface area contributed by atoms with Crippen molar-refractivity contribution < 1.29 is 4.79 Å². The molecule has 0 bridgehead atoms. The van der Waals surface area contributed by atoms with Crippen LogP contribution >= 0.6 is 0 Å². The second-order valence-electron chi connectivity index (χ2n) is 5.42. The molecule has 4 N–H and O–H groups in total. The van der Waals surface area contributed by atoms with Gasteiger partial charge >= 0.3 is 0 Å². The second kappa shape index (κ2) is 5.48. The number of nitrogen functional groups attached to an aromatic ring is 1. The molecule has 2 aromatic carbocycles. The van der Waals surface area contributed by atoms with Crippen LogP contribution in [0, 0.1) is 6.92 Å². The predicted octanol–water partition coefficient (Wildman–Crippen LogP) is 2.82. The average Bonchev–Trinajstić information content (AvgIpc) is 2.49. The number of benzene rings is 2. The standard InChI is InChI=1S/C18H17N3O/c1-11-8-15-13(5-3-7-16(15)21-17(11)19)9-12-4-2-6-14(10-12)18(20)22/h2-8,10H,9H2,1H3,(H2,19,21)(H2,20,22). The van der Waals surface area contributed by atoms with Crippen LogP contribution < -0.4 is 11.5 Å². The topological polar surface area (TPSA) is 82.0 Å². The van der Waals surface area contributed by atoms with Crippen molar-refractivity contribution in [1.29, 1.82) is 0 Å². The Labute approximate surface area is 128 Å². The van der Waals surface area contributed by atoms with Gasteiger partial charge in [-0.15, -0.1) is 0 Å². The monoisotopic (exact) mass is 291 g/mol. The van der Waals surface area contributed by atoms with Crippen LogP contribution in [0.4, 0.5) is 5.82 Å². The lowest BCUT2D eigenvalue weighted by Gasteiger charge is -2.09. The van der Waals surface area contributed by atoms with Crippen molar-refractivity contribution >= 4 is 22.6 Å². The first-order valence-corrected chi connectivity index (χ1v) is 7.08. The number of nitrogens with zero attached hydrogens (tertiary/aromatic N) is 1. The fraction of sp³-hybridized carbons (Fsp3) is 0.111. The zero-order valence-corrected chi connectivity index (χ0v) is 12.3. The summed E-state index contributed by atoms with van der Waals surface area (Å²) < 4.78 is 0. The van der Waals surface area contributed by atoms with Crippen LogP contribution in [0.1, 0.15) is 27.0 Å². The lowest BCUT2D eigenvalue weighted by atomic mass is 9.98. The molecule has 1 heterocycles. The zero-order chi connectivity index (χ0) is 15.7. The number of amides is 1. The first kappa shape index (κ1) is 14.1. The van der Waals surface area contributed by atoms with E-state index in [2.05, 4.69) is 17.1 Å². The second-order valence-corrected chi connectivity index (χ2v) is 5.42. The van der Waals surface area contributed by atoms with Crippen molar-refractivity contribution in [2.75, 3.05) is 5.73 Å². The van der Waals surface area contributed by atoms with E-state index in [4.69, 9.17) is 11.5 Å². The molecule has 0 saturated carbocycles. The molecule has 110 valence electrons. The molecule has 0 aliphatic carbocycles. The minimum absolute atomic E-state index is 0.412. The predicted molar refractivity (Wildman–Crippen MR) is 88.7 cm³/mol. The van der Waals surface area contributed by atoms with E-state index < -0.39 is 5.91 Å². The number of rotatable bonds is 3. The number of primary amides is 1. The number of anilines is 1. The summed E-state index contributed by atoms with van der Waals surface area (Å²) in [5.74, 6) is 0.144. The van der Waals surface area contributed by atoms with Gasteiger partial charge in [-0.2, -0.15) is 0 Å². The third kappa shape index (κ3) is 2.63. The lowest BCUT2D eigenvalue weighted by Crippen LogP contribution is -2.11. The number of carbonyl (C=O) groups excluding carboxylic acids is 1. The largest absolute Gasteiger partial charge is 0.383 e. The molecule has 0 radical (unpaired) electrons. The van der Waals surface area contributed by atoms with Crippen LogP contribution in [0.25, 0.3) is 10.9 Å². The van der Waals surface area contributed by atoms with E-state index in [1.165, 1.54) is 0 Å². The molecule has 3 rings (SSSR count). The lowest BCUT2D eigenvalue weighted by molar-refractivity contribution is 0.1000. The maximum atomic E-state index is 11.3. The number of pyridine rings is 1. The van der Waals surface area contributed by atoms with E-state index in [0.717, 1.165) is 27.6 Å². The third-order valence-electron chi connectivity index (χ3n) is 3.79. The SMILES string of the molecule is Cc1cc2c(Cc3cccc(C(N)=O)c3)cccc2nc1N. The summed E-state index contributed by atoms with van der Waals surface area (Å²) in [5.41, 5.74) is 15.8. The Kier molecular flexibility index (Phi) is 3.51. The summed E-state index contributed by atoms with van der Waals surface area (Å²) in [7, 11) is 0. The van der Waals surface area contributed by atoms with Crippen molar-refractivity contribution in [3.63, 3.8) is 0 Å². The minimum Gasteiger partial charge on any atom is -0.383 e. The van der Waals surface area contributed by atoms with Gasteiger partial charge in [0.2, 0.25) is 5.91 Å². The van der Waals surface area contributed by atoms with Gasteiger partial charge in [-0.1, -0.05) is 24.3 Å². The van der Waals surface area contributed by atoms with Crippen molar-refractivity contribution in [2.24, 2.45) is 5.73 Å². The van der Waals surface area contributed by atoms with Gasteiger partial charge in [0.25, 0.3) is 0 Å². The van der Waals surface area contributed by atoms with Crippen molar-refractivity contribution in [2.45, 2.75) is 13.3 Å². The summed E-state index contributed by atoms with van der Waals surface area (Å²) in [4.78, 5) is 15.7. The summed E-state index contributed by atoms with van der Waals surface area (Å²) >= 11 is 0. The van der Waals surface area contributed by atoms with Crippen LogP contribution in [0.2, 0.25) is 0 Å². The molecule has 4 heteroatoms. The molecule has 22 heavy (non-hydrogen) atoms. The normalized spacial score (nSPS) is 10.8. The van der Waals surface area contributed by atoms with Gasteiger partial charge < -0.3 is 11.5 Å². The molecule has 0 saturated heterocycles. The molecule has 0 atom stereocenters. The highest BCUT2D eigenvalue weighted by atomic mass is 16.1. The van der Waals surface area contributed by atoms with E-state index in [1.54, 1.807) is 6.07 Å². The number of fused-ring (bicyclic) bond motifs is 1. The first-order chi connectivity index (χ1) is 10.5. The highest BCUT2D eigenvalue weighted by Gasteiger charge is 2.07. The van der Waals surface area contributed by atoms with Gasteiger partial charge in [-0.05, 0) is 54.3 Å². The Morgan fingerprint density at radius 3 is 2.68 bits per heavy atom. The maximum absolute atomic E-state index is 11.3. The molecule has 1 aromatic heterocycles. The molecule has 4 nitrogen and oxygen atoms in total. The van der Waals surface area contributed by atoms with Crippen molar-refractivity contribution in [1.82, 2.24) is 4.98 Å². The molecule has 1 amide bonds. The number of hydrogen-bond donors (Lipinski definition) is 2. The molecule has 0 unspecified atom stereocenters. The Hall–Kier alpha value is -2.88. The average molecular weight is 291 g/mol. The first-order valence-electron chi connectivity index (χ1n) is 7.08. The Morgan fingerprint density at radius 2 is 1.91 bits per heavy atom. The van der Waals surface area contributed by atoms with Crippen LogP contribution in [-0.4, -0.2) is 10.9 Å². The molecule has 0 fully saturated rings. The highest BCUT2D eigenvalue weighted by Crippen LogP contribution is 2.23. The van der Waals surface area contributed by atoms with E-state index in [9.17, 15) is 4.79 Å². The maximum Gasteiger partial charge on any atom is 0.248 e. The van der Waals surface area contributed by atoms with Gasteiger partial charge in [0.1, 0.15) is 5.82 Å². The Bertz CT molecular complexity index is 871. The van der Waals surface area contributed by atoms with Crippen LogP contribution in [0.3, 0.4) is 0 Å². The number of carbonyl (C=O) groups is 1. The van der Waals surface area contributed by atoms with E-state index in [0.29, 0.717) is 17.8 Å². The molecule has 3 aromatic rings. The van der Waals surface area contributed by atoms with Gasteiger partial charge in [0, 0.05) is 10.9 Å². The molecular formula is C18H17N3O. The van der Waals surface area contributed by atoms with Crippen LogP contribution in [0.5, 0.6) is 0 Å². The molecule has 0 aliphatic rings. The smallest absolute Gasteiger partial charge is 0.248 e. The quantitative estimate of drug-likeness (QED) is 0.778. The third-order valence-corrected chi connectivity index (χ3v) is 3.79. The Balaban J connectivity index is 2.06. The van der Waals surface area contributed by atoms with Crippen molar-refractivity contribution in [3.05, 3.63) is 70.8 Å². The number of nitrogens with two attached hydrogens (primary N) is 2. The minimum atomic E-state index is -0.412. The van der Waals surface area contributed by atoms with Crippen LogP contribution in [-0.2, 0) is 6.42 Å². The molecular weight excluding hydrogens is 274 g/mol. The zero-order valence-electron chi connectivity index (χ0n) is 12.3. The summed E-state index contributed by atoms with van der Waals surface area (Å²) in [6.45, 7) is 1.95. The highest BCUT2D eigenvalue weighted by molar-refractivity contribution is 5.93. The summed E-state index contributed by atoms with van der Waals surface area (Å²) in [6, 6.07) is 15.4. The summed E-state index contributed by atoms with van der Waals surface area (Å²) in [6.07, 6.45) is 0.712. The molecule has 0 spiro atoms. The van der Waals surface area contributed by atoms with Crippen LogP contribution in [0.15, 0.2) is 48.5 Å². The van der Waals surface area contributed by atoms with Crippen molar-refractivity contribution in [3.8, 4) is 0 Å².